The molecule has 0 spiro atoms. The van der Waals surface area contributed by atoms with Gasteiger partial charge in [0, 0.05) is 51.5 Å². The van der Waals surface area contributed by atoms with Crippen molar-refractivity contribution in [2.45, 2.75) is 19.0 Å². The highest BCUT2D eigenvalue weighted by molar-refractivity contribution is 5.82. The minimum absolute atomic E-state index is 0.0334. The van der Waals surface area contributed by atoms with Crippen molar-refractivity contribution in [3.05, 3.63) is 59.7 Å². The number of carbonyl (C=O) groups excluding carboxylic acids is 1. The molecule has 2 aromatic rings. The molecule has 0 aromatic heterocycles. The molecule has 2 aromatic carbocycles. The van der Waals surface area contributed by atoms with Gasteiger partial charge in [-0.25, -0.2) is 8.78 Å². The average molecular weight is 443 g/mol. The summed E-state index contributed by atoms with van der Waals surface area (Å²) in [6, 6.07) is 12.1. The van der Waals surface area contributed by atoms with Crippen LogP contribution in [0.25, 0.3) is 0 Å². The maximum Gasteiger partial charge on any atom is 0.239 e. The topological polar surface area (TPSA) is 72.0 Å². The summed E-state index contributed by atoms with van der Waals surface area (Å²) in [5.41, 5.74) is 2.14. The van der Waals surface area contributed by atoms with E-state index < -0.39 is 11.6 Å². The lowest BCUT2D eigenvalue weighted by Gasteiger charge is -2.28. The van der Waals surface area contributed by atoms with E-state index in [1.165, 1.54) is 18.2 Å². The van der Waals surface area contributed by atoms with Gasteiger partial charge in [-0.1, -0.05) is 18.2 Å². The van der Waals surface area contributed by atoms with Crippen molar-refractivity contribution in [3.63, 3.8) is 0 Å². The maximum absolute atomic E-state index is 14.1. The SMILES string of the molecule is CN=C(NCc1ccc(N2CCNC(=O)C2)cc1)NC1CCN(c2c(F)cccc2F)C1. The van der Waals surface area contributed by atoms with Gasteiger partial charge in [0.1, 0.15) is 17.3 Å². The molecule has 2 fully saturated rings. The largest absolute Gasteiger partial charge is 0.365 e. The fourth-order valence-corrected chi connectivity index (χ4v) is 4.13. The zero-order chi connectivity index (χ0) is 22.5. The smallest absolute Gasteiger partial charge is 0.239 e. The molecule has 3 N–H and O–H groups in total. The zero-order valence-electron chi connectivity index (χ0n) is 18.1. The molecule has 2 saturated heterocycles. The molecular weight excluding hydrogens is 414 g/mol. The number of aliphatic imine (C=N–C) groups is 1. The second kappa shape index (κ2) is 9.84. The van der Waals surface area contributed by atoms with E-state index in [4.69, 9.17) is 0 Å². The Morgan fingerprint density at radius 1 is 1.12 bits per heavy atom. The third-order valence-electron chi connectivity index (χ3n) is 5.81. The van der Waals surface area contributed by atoms with Crippen molar-refractivity contribution >= 4 is 23.2 Å². The predicted octanol–water partition coefficient (Wildman–Crippen LogP) is 1.84. The maximum atomic E-state index is 14.1. The summed E-state index contributed by atoms with van der Waals surface area (Å²) in [4.78, 5) is 19.6. The first-order chi connectivity index (χ1) is 15.5. The Labute approximate surface area is 186 Å². The number of piperazine rings is 1. The van der Waals surface area contributed by atoms with E-state index in [0.717, 1.165) is 24.2 Å². The summed E-state index contributed by atoms with van der Waals surface area (Å²) in [5.74, 6) is -0.397. The van der Waals surface area contributed by atoms with Gasteiger partial charge in [0.25, 0.3) is 0 Å². The van der Waals surface area contributed by atoms with E-state index in [9.17, 15) is 13.6 Å². The Morgan fingerprint density at radius 3 is 2.56 bits per heavy atom. The third kappa shape index (κ3) is 5.09. The highest BCUT2D eigenvalue weighted by atomic mass is 19.1. The van der Waals surface area contributed by atoms with Gasteiger partial charge in [0.15, 0.2) is 5.96 Å². The molecular formula is C23H28F2N6O. The van der Waals surface area contributed by atoms with Crippen LogP contribution >= 0.6 is 0 Å². The normalized spacial score (nSPS) is 19.2. The summed E-state index contributed by atoms with van der Waals surface area (Å²) in [5, 5.41) is 9.46. The third-order valence-corrected chi connectivity index (χ3v) is 5.81. The zero-order valence-corrected chi connectivity index (χ0v) is 18.1. The molecule has 32 heavy (non-hydrogen) atoms. The quantitative estimate of drug-likeness (QED) is 0.487. The molecule has 0 aliphatic carbocycles. The highest BCUT2D eigenvalue weighted by Gasteiger charge is 2.27. The van der Waals surface area contributed by atoms with Crippen molar-refractivity contribution < 1.29 is 13.6 Å². The fraction of sp³-hybridized carbons (Fsp3) is 0.391. The monoisotopic (exact) mass is 442 g/mol. The number of hydrogen-bond donors (Lipinski definition) is 3. The first kappa shape index (κ1) is 21.9. The summed E-state index contributed by atoms with van der Waals surface area (Å²) in [7, 11) is 1.70. The van der Waals surface area contributed by atoms with Gasteiger partial charge >= 0.3 is 0 Å². The van der Waals surface area contributed by atoms with Crippen LogP contribution in [0.4, 0.5) is 20.2 Å². The lowest BCUT2D eigenvalue weighted by molar-refractivity contribution is -0.120. The Kier molecular flexibility index (Phi) is 6.72. The molecule has 1 unspecified atom stereocenters. The molecule has 2 aliphatic heterocycles. The summed E-state index contributed by atoms with van der Waals surface area (Å²) in [6.45, 7) is 3.49. The summed E-state index contributed by atoms with van der Waals surface area (Å²) < 4.78 is 28.1. The van der Waals surface area contributed by atoms with E-state index in [1.807, 2.05) is 24.3 Å². The first-order valence-corrected chi connectivity index (χ1v) is 10.8. The lowest BCUT2D eigenvalue weighted by Crippen LogP contribution is -2.47. The van der Waals surface area contributed by atoms with Crippen LogP contribution in [-0.4, -0.2) is 57.7 Å². The minimum Gasteiger partial charge on any atom is -0.365 e. The van der Waals surface area contributed by atoms with Gasteiger partial charge in [0.05, 0.1) is 6.54 Å². The molecule has 0 bridgehead atoms. The van der Waals surface area contributed by atoms with Crippen LogP contribution < -0.4 is 25.8 Å². The van der Waals surface area contributed by atoms with Crippen LogP contribution in [0.1, 0.15) is 12.0 Å². The molecule has 0 saturated carbocycles. The average Bonchev–Trinajstić information content (AvgIpc) is 3.25. The Balaban J connectivity index is 1.29. The minimum atomic E-state index is -0.540. The first-order valence-electron chi connectivity index (χ1n) is 10.8. The molecule has 7 nitrogen and oxygen atoms in total. The number of anilines is 2. The van der Waals surface area contributed by atoms with Crippen molar-refractivity contribution in [1.29, 1.82) is 0 Å². The summed E-state index contributed by atoms with van der Waals surface area (Å²) in [6.07, 6.45) is 0.757. The van der Waals surface area contributed by atoms with Gasteiger partial charge in [-0.05, 0) is 36.2 Å². The molecule has 2 heterocycles. The van der Waals surface area contributed by atoms with Crippen LogP contribution in [0.15, 0.2) is 47.5 Å². The number of nitrogens with zero attached hydrogens (tertiary/aromatic N) is 3. The number of hydrogen-bond acceptors (Lipinski definition) is 4. The van der Waals surface area contributed by atoms with Crippen molar-refractivity contribution in [2.75, 3.05) is 49.6 Å². The lowest BCUT2D eigenvalue weighted by atomic mass is 10.2. The highest BCUT2D eigenvalue weighted by Crippen LogP contribution is 2.26. The van der Waals surface area contributed by atoms with Gasteiger partial charge < -0.3 is 25.8 Å². The Hall–Kier alpha value is -3.36. The number of amides is 1. The molecule has 1 atom stereocenters. The standard InChI is InChI=1S/C23H28F2N6O/c1-26-23(29-17-9-11-31(14-17)22-19(24)3-2-4-20(22)25)28-13-16-5-7-18(8-6-16)30-12-10-27-21(32)15-30/h2-8,17H,9-15H2,1H3,(H,27,32)(H2,26,28,29). The number of benzene rings is 2. The van der Waals surface area contributed by atoms with Crippen LogP contribution in [0.2, 0.25) is 0 Å². The van der Waals surface area contributed by atoms with Crippen molar-refractivity contribution in [2.24, 2.45) is 4.99 Å². The van der Waals surface area contributed by atoms with Gasteiger partial charge in [0.2, 0.25) is 5.91 Å². The van der Waals surface area contributed by atoms with Crippen LogP contribution in [0, 0.1) is 11.6 Å². The van der Waals surface area contributed by atoms with Crippen molar-refractivity contribution in [3.8, 4) is 0 Å². The molecule has 2 aliphatic rings. The van der Waals surface area contributed by atoms with Gasteiger partial charge in [-0.3, -0.25) is 9.79 Å². The Bertz CT molecular complexity index is 961. The number of rotatable bonds is 5. The molecule has 1 amide bonds. The van der Waals surface area contributed by atoms with E-state index in [1.54, 1.807) is 11.9 Å². The Morgan fingerprint density at radius 2 is 1.88 bits per heavy atom. The fourth-order valence-electron chi connectivity index (χ4n) is 4.13. The van der Waals surface area contributed by atoms with E-state index in [-0.39, 0.29) is 17.6 Å². The number of nitrogens with one attached hydrogen (secondary N) is 3. The number of carbonyl (C=O) groups is 1. The summed E-state index contributed by atoms with van der Waals surface area (Å²) >= 11 is 0. The van der Waals surface area contributed by atoms with E-state index >= 15 is 0 Å². The van der Waals surface area contributed by atoms with Crippen LogP contribution in [0.5, 0.6) is 0 Å². The second-order valence-corrected chi connectivity index (χ2v) is 8.01. The van der Waals surface area contributed by atoms with Crippen LogP contribution in [0.3, 0.4) is 0 Å². The number of halogens is 2. The van der Waals surface area contributed by atoms with E-state index in [0.29, 0.717) is 38.7 Å². The predicted molar refractivity (Wildman–Crippen MR) is 122 cm³/mol. The molecule has 4 rings (SSSR count). The van der Waals surface area contributed by atoms with Crippen molar-refractivity contribution in [1.82, 2.24) is 16.0 Å². The second-order valence-electron chi connectivity index (χ2n) is 8.01. The van der Waals surface area contributed by atoms with Gasteiger partial charge in [-0.2, -0.15) is 0 Å². The van der Waals surface area contributed by atoms with Gasteiger partial charge in [-0.15, -0.1) is 0 Å². The number of guanidine groups is 1. The van der Waals surface area contributed by atoms with Crippen LogP contribution in [-0.2, 0) is 11.3 Å². The molecule has 9 heteroatoms. The number of para-hydroxylation sites is 1. The van der Waals surface area contributed by atoms with E-state index in [2.05, 4.69) is 25.8 Å². The molecule has 0 radical (unpaired) electrons. The molecule has 170 valence electrons.